The summed E-state index contributed by atoms with van der Waals surface area (Å²) in [5, 5.41) is 11.6. The molecule has 0 aliphatic heterocycles. The Bertz CT molecular complexity index is 137. The first kappa shape index (κ1) is 11.4. The van der Waals surface area contributed by atoms with Crippen LogP contribution in [0, 0.1) is 11.3 Å². The molecule has 70 valence electrons. The van der Waals surface area contributed by atoms with Gasteiger partial charge >= 0.3 is 0 Å². The molecule has 0 amide bonds. The van der Waals surface area contributed by atoms with Crippen LogP contribution < -0.4 is 5.32 Å². The molecule has 3 heteroatoms. The molecule has 0 saturated carbocycles. The average Bonchev–Trinajstić information content (AvgIpc) is 2.03. The Morgan fingerprint density at radius 3 is 2.67 bits per heavy atom. The van der Waals surface area contributed by atoms with Crippen LogP contribution in [0.15, 0.2) is 0 Å². The van der Waals surface area contributed by atoms with E-state index < -0.39 is 0 Å². The molecule has 0 rings (SSSR count). The van der Waals surface area contributed by atoms with Gasteiger partial charge in [0.2, 0.25) is 0 Å². The molecular formula is C9H19N3. The molecule has 0 aromatic carbocycles. The number of nitriles is 1. The number of rotatable bonds is 6. The Morgan fingerprint density at radius 2 is 2.17 bits per heavy atom. The van der Waals surface area contributed by atoms with E-state index in [4.69, 9.17) is 5.26 Å². The highest BCUT2D eigenvalue weighted by atomic mass is 15.1. The number of hydrogen-bond donors (Lipinski definition) is 1. The van der Waals surface area contributed by atoms with Gasteiger partial charge in [0.15, 0.2) is 0 Å². The summed E-state index contributed by atoms with van der Waals surface area (Å²) in [5.74, 6) is 0. The van der Waals surface area contributed by atoms with Crippen LogP contribution >= 0.6 is 0 Å². The van der Waals surface area contributed by atoms with E-state index >= 15 is 0 Å². The molecule has 1 N–H and O–H groups in total. The fraction of sp³-hybridized carbons (Fsp3) is 0.889. The first-order chi connectivity index (χ1) is 5.68. The van der Waals surface area contributed by atoms with E-state index in [9.17, 15) is 0 Å². The number of hydrogen-bond acceptors (Lipinski definition) is 3. The maximum Gasteiger partial charge on any atom is 0.0622 e. The molecule has 0 heterocycles. The Morgan fingerprint density at radius 1 is 1.50 bits per heavy atom. The van der Waals surface area contributed by atoms with E-state index in [1.165, 1.54) is 0 Å². The van der Waals surface area contributed by atoms with Crippen molar-refractivity contribution in [2.24, 2.45) is 0 Å². The quantitative estimate of drug-likeness (QED) is 0.599. The number of nitrogens with one attached hydrogen (secondary N) is 1. The van der Waals surface area contributed by atoms with Gasteiger partial charge in [-0.25, -0.2) is 0 Å². The molecule has 0 aromatic rings. The molecule has 0 radical (unpaired) electrons. The van der Waals surface area contributed by atoms with Gasteiger partial charge in [-0.15, -0.1) is 0 Å². The first-order valence-electron chi connectivity index (χ1n) is 4.42. The minimum Gasteiger partial charge on any atom is -0.315 e. The predicted octanol–water partition coefficient (Wildman–Crippen LogP) is 0.830. The third-order valence-corrected chi connectivity index (χ3v) is 1.96. The van der Waals surface area contributed by atoms with Crippen LogP contribution in [0.2, 0.25) is 0 Å². The Labute approximate surface area is 75.4 Å². The summed E-state index contributed by atoms with van der Waals surface area (Å²) in [5.41, 5.74) is 0. The number of nitrogens with zero attached hydrogens (tertiary/aromatic N) is 2. The second-order valence-electron chi connectivity index (χ2n) is 3.28. The van der Waals surface area contributed by atoms with Gasteiger partial charge in [-0.3, -0.25) is 0 Å². The Hall–Kier alpha value is -0.590. The number of unbranched alkanes of at least 4 members (excludes halogenated alkanes) is 1. The van der Waals surface area contributed by atoms with Gasteiger partial charge in [0.25, 0.3) is 0 Å². The lowest BCUT2D eigenvalue weighted by Crippen LogP contribution is -2.35. The third kappa shape index (κ3) is 6.14. The molecule has 0 bridgehead atoms. The maximum absolute atomic E-state index is 8.28. The summed E-state index contributed by atoms with van der Waals surface area (Å²) >= 11 is 0. The molecular weight excluding hydrogens is 150 g/mol. The maximum atomic E-state index is 8.28. The van der Waals surface area contributed by atoms with Crippen LogP contribution in [-0.2, 0) is 0 Å². The van der Waals surface area contributed by atoms with Crippen molar-refractivity contribution in [2.75, 3.05) is 27.2 Å². The van der Waals surface area contributed by atoms with Crippen LogP contribution in [0.5, 0.6) is 0 Å². The fourth-order valence-electron chi connectivity index (χ4n) is 0.786. The molecule has 1 unspecified atom stereocenters. The molecule has 3 nitrogen and oxygen atoms in total. The topological polar surface area (TPSA) is 39.1 Å². The molecule has 0 aromatic heterocycles. The highest BCUT2D eigenvalue weighted by Crippen LogP contribution is 1.89. The van der Waals surface area contributed by atoms with E-state index in [0.717, 1.165) is 19.5 Å². The molecule has 0 spiro atoms. The van der Waals surface area contributed by atoms with Crippen molar-refractivity contribution in [3.05, 3.63) is 0 Å². The van der Waals surface area contributed by atoms with Crippen LogP contribution in [-0.4, -0.2) is 38.1 Å². The Kier molecular flexibility index (Phi) is 6.73. The molecule has 0 fully saturated rings. The number of likely N-dealkylation sites (N-methyl/N-ethyl adjacent to an activating group) is 1. The van der Waals surface area contributed by atoms with Crippen LogP contribution in [0.4, 0.5) is 0 Å². The summed E-state index contributed by atoms with van der Waals surface area (Å²) in [6.45, 7) is 4.13. The van der Waals surface area contributed by atoms with Gasteiger partial charge in [0, 0.05) is 19.0 Å². The van der Waals surface area contributed by atoms with E-state index in [1.54, 1.807) is 0 Å². The lowest BCUT2D eigenvalue weighted by atomic mass is 10.3. The zero-order chi connectivity index (χ0) is 9.40. The van der Waals surface area contributed by atoms with Crippen molar-refractivity contribution in [3.8, 4) is 6.07 Å². The van der Waals surface area contributed by atoms with Crippen molar-refractivity contribution in [3.63, 3.8) is 0 Å². The summed E-state index contributed by atoms with van der Waals surface area (Å²) in [7, 11) is 4.14. The SMILES string of the molecule is CC(CNCCCC#N)N(C)C. The van der Waals surface area contributed by atoms with Crippen molar-refractivity contribution >= 4 is 0 Å². The lowest BCUT2D eigenvalue weighted by Gasteiger charge is -2.19. The van der Waals surface area contributed by atoms with Crippen molar-refractivity contribution in [2.45, 2.75) is 25.8 Å². The standard InChI is InChI=1S/C9H19N3/c1-9(12(2)3)8-11-7-5-4-6-10/h9,11H,4-5,7-8H2,1-3H3. The monoisotopic (exact) mass is 169 g/mol. The smallest absolute Gasteiger partial charge is 0.0622 e. The van der Waals surface area contributed by atoms with Crippen molar-refractivity contribution in [1.82, 2.24) is 10.2 Å². The zero-order valence-electron chi connectivity index (χ0n) is 8.30. The van der Waals surface area contributed by atoms with Crippen molar-refractivity contribution < 1.29 is 0 Å². The van der Waals surface area contributed by atoms with Crippen LogP contribution in [0.1, 0.15) is 19.8 Å². The predicted molar refractivity (Wildman–Crippen MR) is 50.9 cm³/mol. The van der Waals surface area contributed by atoms with Gasteiger partial charge < -0.3 is 10.2 Å². The Balaban J connectivity index is 3.15. The zero-order valence-corrected chi connectivity index (χ0v) is 8.30. The fourth-order valence-corrected chi connectivity index (χ4v) is 0.786. The molecule has 12 heavy (non-hydrogen) atoms. The van der Waals surface area contributed by atoms with Gasteiger partial charge in [0.05, 0.1) is 6.07 Å². The minimum atomic E-state index is 0.562. The second-order valence-corrected chi connectivity index (χ2v) is 3.28. The van der Waals surface area contributed by atoms with Crippen LogP contribution in [0.25, 0.3) is 0 Å². The summed E-state index contributed by atoms with van der Waals surface area (Å²) in [6, 6.07) is 2.69. The van der Waals surface area contributed by atoms with E-state index in [0.29, 0.717) is 12.5 Å². The van der Waals surface area contributed by atoms with Crippen LogP contribution in [0.3, 0.4) is 0 Å². The highest BCUT2D eigenvalue weighted by molar-refractivity contribution is 4.69. The third-order valence-electron chi connectivity index (χ3n) is 1.96. The van der Waals surface area contributed by atoms with E-state index in [1.807, 2.05) is 0 Å². The van der Waals surface area contributed by atoms with Crippen molar-refractivity contribution in [1.29, 1.82) is 5.26 Å². The van der Waals surface area contributed by atoms with Gasteiger partial charge in [-0.05, 0) is 34.0 Å². The first-order valence-corrected chi connectivity index (χ1v) is 4.42. The highest BCUT2D eigenvalue weighted by Gasteiger charge is 2.01. The van der Waals surface area contributed by atoms with Gasteiger partial charge in [-0.1, -0.05) is 0 Å². The molecule has 0 saturated heterocycles. The minimum absolute atomic E-state index is 0.562. The summed E-state index contributed by atoms with van der Waals surface area (Å²) in [4.78, 5) is 2.18. The lowest BCUT2D eigenvalue weighted by molar-refractivity contribution is 0.303. The molecule has 0 aliphatic rings. The normalized spacial score (nSPS) is 12.9. The van der Waals surface area contributed by atoms with E-state index in [-0.39, 0.29) is 0 Å². The van der Waals surface area contributed by atoms with E-state index in [2.05, 4.69) is 37.3 Å². The molecule has 0 aliphatic carbocycles. The molecule has 1 atom stereocenters. The van der Waals surface area contributed by atoms with Gasteiger partial charge in [0.1, 0.15) is 0 Å². The summed E-state index contributed by atoms with van der Waals surface area (Å²) in [6.07, 6.45) is 1.61. The second kappa shape index (κ2) is 7.08. The van der Waals surface area contributed by atoms with Gasteiger partial charge in [-0.2, -0.15) is 5.26 Å². The average molecular weight is 169 g/mol. The largest absolute Gasteiger partial charge is 0.315 e. The summed E-state index contributed by atoms with van der Waals surface area (Å²) < 4.78 is 0.